The number of aromatic nitrogens is 2. The van der Waals surface area contributed by atoms with Crippen LogP contribution in [0, 0.1) is 5.92 Å². The molecule has 0 saturated carbocycles. The molecule has 0 radical (unpaired) electrons. The molecule has 1 aromatic carbocycles. The van der Waals surface area contributed by atoms with Gasteiger partial charge in [0.1, 0.15) is 11.5 Å². The lowest BCUT2D eigenvalue weighted by Crippen LogP contribution is -2.53. The molecule has 2 aliphatic heterocycles. The van der Waals surface area contributed by atoms with E-state index < -0.39 is 0 Å². The minimum absolute atomic E-state index is 0.00802. The maximum atomic E-state index is 13.1. The van der Waals surface area contributed by atoms with Gasteiger partial charge in [0.15, 0.2) is 5.82 Å². The summed E-state index contributed by atoms with van der Waals surface area (Å²) in [7, 11) is 3.23. The number of methoxy groups -OCH3 is 2. The van der Waals surface area contributed by atoms with E-state index in [1.54, 1.807) is 19.1 Å². The summed E-state index contributed by atoms with van der Waals surface area (Å²) < 4.78 is 16.5. The Morgan fingerprint density at radius 1 is 1.08 bits per heavy atom. The maximum Gasteiger partial charge on any atom is 0.242 e. The maximum absolute atomic E-state index is 13.1. The van der Waals surface area contributed by atoms with Gasteiger partial charge in [0, 0.05) is 56.9 Å². The number of hydrogen-bond acceptors (Lipinski definition) is 8. The smallest absolute Gasteiger partial charge is 0.242 e. The van der Waals surface area contributed by atoms with E-state index in [0.29, 0.717) is 49.9 Å². The highest BCUT2D eigenvalue weighted by Crippen LogP contribution is 2.32. The van der Waals surface area contributed by atoms with Crippen LogP contribution in [0.15, 0.2) is 30.3 Å². The van der Waals surface area contributed by atoms with Gasteiger partial charge in [0.25, 0.3) is 0 Å². The fraction of sp³-hybridized carbons (Fsp3) is 0.556. The fourth-order valence-corrected chi connectivity index (χ4v) is 4.73. The zero-order valence-electron chi connectivity index (χ0n) is 22.2. The highest BCUT2D eigenvalue weighted by molar-refractivity contribution is 5.86. The average Bonchev–Trinajstić information content (AvgIpc) is 3.45. The van der Waals surface area contributed by atoms with E-state index in [2.05, 4.69) is 15.1 Å². The Bertz CT molecular complexity index is 1060. The van der Waals surface area contributed by atoms with E-state index in [1.165, 1.54) is 0 Å². The number of hydrogen-bond donors (Lipinski definition) is 0. The number of rotatable bonds is 9. The Hall–Kier alpha value is -3.40. The molecule has 2 aromatic rings. The van der Waals surface area contributed by atoms with E-state index >= 15 is 0 Å². The van der Waals surface area contributed by atoms with Gasteiger partial charge >= 0.3 is 0 Å². The number of benzene rings is 1. The number of amides is 2. The van der Waals surface area contributed by atoms with Crippen molar-refractivity contribution in [2.24, 2.45) is 5.92 Å². The van der Waals surface area contributed by atoms with Gasteiger partial charge in [-0.2, -0.15) is 0 Å². The second kappa shape index (κ2) is 12.2. The molecular formula is C27H37N5O5. The van der Waals surface area contributed by atoms with Gasteiger partial charge in [-0.25, -0.2) is 0 Å². The highest BCUT2D eigenvalue weighted by Gasteiger charge is 2.29. The Kier molecular flexibility index (Phi) is 8.81. The van der Waals surface area contributed by atoms with Crippen LogP contribution in [-0.2, 0) is 14.3 Å². The highest BCUT2D eigenvalue weighted by atomic mass is 16.5. The van der Waals surface area contributed by atoms with Gasteiger partial charge in [0.2, 0.25) is 11.8 Å². The van der Waals surface area contributed by atoms with Crippen LogP contribution in [0.1, 0.15) is 26.7 Å². The van der Waals surface area contributed by atoms with Gasteiger partial charge in [0.05, 0.1) is 32.6 Å². The van der Waals surface area contributed by atoms with Crippen molar-refractivity contribution in [2.75, 3.05) is 65.0 Å². The standard InChI is InChI=1S/C27H37N5O5/c1-19(2)27(34)32(17-21-6-5-15-37-21)18-26(33)31-13-11-30(12-14-31)25-10-9-23(28-29-25)22-8-7-20(35-3)16-24(22)36-4/h7-10,16,19,21H,5-6,11-15,17-18H2,1-4H3/t21-/m1/s1. The molecule has 2 amide bonds. The Labute approximate surface area is 218 Å². The molecule has 0 aliphatic carbocycles. The summed E-state index contributed by atoms with van der Waals surface area (Å²) in [6.07, 6.45) is 1.95. The lowest BCUT2D eigenvalue weighted by Gasteiger charge is -2.36. The predicted molar refractivity (Wildman–Crippen MR) is 140 cm³/mol. The third-order valence-electron chi connectivity index (χ3n) is 6.87. The summed E-state index contributed by atoms with van der Waals surface area (Å²) in [6, 6.07) is 9.44. The van der Waals surface area contributed by atoms with Crippen LogP contribution in [-0.4, -0.2) is 98.0 Å². The van der Waals surface area contributed by atoms with E-state index in [4.69, 9.17) is 14.2 Å². The molecule has 1 aromatic heterocycles. The average molecular weight is 512 g/mol. The summed E-state index contributed by atoms with van der Waals surface area (Å²) in [5.41, 5.74) is 1.54. The second-order valence-corrected chi connectivity index (χ2v) is 9.72. The van der Waals surface area contributed by atoms with Crippen LogP contribution in [0.4, 0.5) is 5.82 Å². The van der Waals surface area contributed by atoms with Crippen LogP contribution >= 0.6 is 0 Å². The first kappa shape index (κ1) is 26.7. The first-order chi connectivity index (χ1) is 17.9. The van der Waals surface area contributed by atoms with Crippen molar-refractivity contribution < 1.29 is 23.8 Å². The van der Waals surface area contributed by atoms with Gasteiger partial charge in [-0.15, -0.1) is 10.2 Å². The summed E-state index contributed by atoms with van der Waals surface area (Å²) in [4.78, 5) is 31.5. The first-order valence-electron chi connectivity index (χ1n) is 12.9. The zero-order valence-corrected chi connectivity index (χ0v) is 22.2. The SMILES string of the molecule is COc1ccc(-c2ccc(N3CCN(C(=O)CN(C[C@H]4CCCO4)C(=O)C(C)C)CC3)nn2)c(OC)c1. The predicted octanol–water partition coefficient (Wildman–Crippen LogP) is 2.47. The molecule has 10 nitrogen and oxygen atoms in total. The van der Waals surface area contributed by atoms with Gasteiger partial charge in [-0.05, 0) is 37.1 Å². The molecule has 1 atom stereocenters. The van der Waals surface area contributed by atoms with Crippen molar-refractivity contribution in [1.29, 1.82) is 0 Å². The minimum atomic E-state index is -0.162. The first-order valence-corrected chi connectivity index (χ1v) is 12.9. The molecular weight excluding hydrogens is 474 g/mol. The molecule has 0 N–H and O–H groups in total. The third-order valence-corrected chi connectivity index (χ3v) is 6.87. The zero-order chi connectivity index (χ0) is 26.4. The van der Waals surface area contributed by atoms with Gasteiger partial charge < -0.3 is 28.9 Å². The molecule has 37 heavy (non-hydrogen) atoms. The molecule has 4 rings (SSSR count). The summed E-state index contributed by atoms with van der Waals surface area (Å²) in [5.74, 6) is 1.94. The van der Waals surface area contributed by atoms with Crippen LogP contribution in [0.3, 0.4) is 0 Å². The Balaban J connectivity index is 1.34. The van der Waals surface area contributed by atoms with Crippen molar-refractivity contribution in [2.45, 2.75) is 32.8 Å². The van der Waals surface area contributed by atoms with Crippen LogP contribution in [0.5, 0.6) is 11.5 Å². The number of piperazine rings is 1. The van der Waals surface area contributed by atoms with Crippen molar-refractivity contribution in [3.8, 4) is 22.8 Å². The van der Waals surface area contributed by atoms with E-state index in [9.17, 15) is 9.59 Å². The number of ether oxygens (including phenoxy) is 3. The lowest BCUT2D eigenvalue weighted by atomic mass is 10.1. The number of carbonyl (C=O) groups is 2. The number of nitrogens with zero attached hydrogens (tertiary/aromatic N) is 5. The molecule has 10 heteroatoms. The van der Waals surface area contributed by atoms with E-state index in [0.717, 1.165) is 30.8 Å². The molecule has 0 unspecified atom stereocenters. The second-order valence-electron chi connectivity index (χ2n) is 9.72. The normalized spacial score (nSPS) is 17.7. The Morgan fingerprint density at radius 2 is 1.86 bits per heavy atom. The monoisotopic (exact) mass is 511 g/mol. The van der Waals surface area contributed by atoms with Crippen molar-refractivity contribution in [3.63, 3.8) is 0 Å². The van der Waals surface area contributed by atoms with Gasteiger partial charge in [-0.1, -0.05) is 13.8 Å². The van der Waals surface area contributed by atoms with Crippen LogP contribution in [0.25, 0.3) is 11.3 Å². The number of carbonyl (C=O) groups excluding carboxylic acids is 2. The molecule has 0 spiro atoms. The molecule has 2 saturated heterocycles. The van der Waals surface area contributed by atoms with Crippen molar-refractivity contribution >= 4 is 17.6 Å². The topological polar surface area (TPSA) is 97.3 Å². The fourth-order valence-electron chi connectivity index (χ4n) is 4.73. The van der Waals surface area contributed by atoms with Crippen LogP contribution in [0.2, 0.25) is 0 Å². The van der Waals surface area contributed by atoms with Crippen molar-refractivity contribution in [3.05, 3.63) is 30.3 Å². The van der Waals surface area contributed by atoms with Crippen molar-refractivity contribution in [1.82, 2.24) is 20.0 Å². The summed E-state index contributed by atoms with van der Waals surface area (Å²) in [6.45, 7) is 7.46. The van der Waals surface area contributed by atoms with Crippen LogP contribution < -0.4 is 14.4 Å². The minimum Gasteiger partial charge on any atom is -0.497 e. The molecule has 2 aliphatic rings. The van der Waals surface area contributed by atoms with E-state index in [1.807, 2.05) is 49.1 Å². The molecule has 2 fully saturated rings. The molecule has 3 heterocycles. The largest absolute Gasteiger partial charge is 0.497 e. The molecule has 0 bridgehead atoms. The van der Waals surface area contributed by atoms with E-state index in [-0.39, 0.29) is 30.4 Å². The lowest BCUT2D eigenvalue weighted by molar-refractivity contribution is -0.143. The summed E-state index contributed by atoms with van der Waals surface area (Å²) >= 11 is 0. The molecule has 200 valence electrons. The van der Waals surface area contributed by atoms with Gasteiger partial charge in [-0.3, -0.25) is 9.59 Å². The third kappa shape index (κ3) is 6.49. The summed E-state index contributed by atoms with van der Waals surface area (Å²) in [5, 5.41) is 8.85. The Morgan fingerprint density at radius 3 is 2.46 bits per heavy atom. The number of anilines is 1. The quantitative estimate of drug-likeness (QED) is 0.507.